The summed E-state index contributed by atoms with van der Waals surface area (Å²) in [6.07, 6.45) is 3.08. The normalized spacial score (nSPS) is 10.6. The van der Waals surface area contributed by atoms with Crippen LogP contribution >= 0.6 is 11.6 Å². The Morgan fingerprint density at radius 3 is 1.76 bits per heavy atom. The maximum Gasteiger partial charge on any atom is 0.226 e. The minimum Gasteiger partial charge on any atom is -0.461 e. The summed E-state index contributed by atoms with van der Waals surface area (Å²) in [5, 5.41) is 0.0952. The van der Waals surface area contributed by atoms with E-state index in [1.165, 1.54) is 0 Å². The Labute approximate surface area is 101 Å². The molecule has 0 aliphatic rings. The molecule has 0 saturated heterocycles. The van der Waals surface area contributed by atoms with Crippen LogP contribution in [0.15, 0.2) is 45.6 Å². The van der Waals surface area contributed by atoms with E-state index in [9.17, 15) is 0 Å². The smallest absolute Gasteiger partial charge is 0.226 e. The number of hydrogen-bond donors (Lipinski definition) is 0. The van der Waals surface area contributed by atoms with Crippen molar-refractivity contribution < 1.29 is 8.83 Å². The molecule has 0 radical (unpaired) electrons. The van der Waals surface area contributed by atoms with Crippen LogP contribution in [-0.2, 0) is 0 Å². The van der Waals surface area contributed by atoms with E-state index in [1.54, 1.807) is 36.8 Å². The molecule has 6 heteroatoms. The van der Waals surface area contributed by atoms with Crippen LogP contribution < -0.4 is 0 Å². The highest BCUT2D eigenvalue weighted by atomic mass is 35.5. The molecule has 0 aliphatic heterocycles. The summed E-state index contributed by atoms with van der Waals surface area (Å²) < 4.78 is 10.4. The quantitative estimate of drug-likeness (QED) is 0.696. The van der Waals surface area contributed by atoms with E-state index in [2.05, 4.69) is 15.0 Å². The van der Waals surface area contributed by atoms with Crippen molar-refractivity contribution in [1.82, 2.24) is 15.0 Å². The van der Waals surface area contributed by atoms with Crippen molar-refractivity contribution in [2.24, 2.45) is 0 Å². The van der Waals surface area contributed by atoms with Gasteiger partial charge in [0.15, 0.2) is 11.5 Å². The maximum atomic E-state index is 5.84. The average Bonchev–Trinajstić information content (AvgIpc) is 3.02. The van der Waals surface area contributed by atoms with Crippen molar-refractivity contribution in [3.63, 3.8) is 0 Å². The molecule has 0 bridgehead atoms. The average molecular weight is 248 g/mol. The second-order valence-electron chi connectivity index (χ2n) is 3.21. The molecule has 0 aromatic carbocycles. The zero-order valence-corrected chi connectivity index (χ0v) is 9.26. The van der Waals surface area contributed by atoms with Gasteiger partial charge in [0.2, 0.25) is 16.9 Å². The molecule has 0 N–H and O–H groups in total. The van der Waals surface area contributed by atoms with Crippen LogP contribution in [0.5, 0.6) is 0 Å². The molecule has 5 nitrogen and oxygen atoms in total. The van der Waals surface area contributed by atoms with E-state index >= 15 is 0 Å². The van der Waals surface area contributed by atoms with Gasteiger partial charge in [-0.1, -0.05) is 0 Å². The summed E-state index contributed by atoms with van der Waals surface area (Å²) in [7, 11) is 0. The van der Waals surface area contributed by atoms with Gasteiger partial charge in [-0.15, -0.1) is 0 Å². The van der Waals surface area contributed by atoms with Gasteiger partial charge in [-0.3, -0.25) is 0 Å². The first kappa shape index (κ1) is 10.0. The van der Waals surface area contributed by atoms with Crippen molar-refractivity contribution in [1.29, 1.82) is 0 Å². The van der Waals surface area contributed by atoms with Gasteiger partial charge >= 0.3 is 0 Å². The Balaban J connectivity index is 2.13. The largest absolute Gasteiger partial charge is 0.461 e. The van der Waals surface area contributed by atoms with Crippen LogP contribution in [0.25, 0.3) is 23.2 Å². The summed E-state index contributed by atoms with van der Waals surface area (Å²) in [5.41, 5.74) is 0. The molecule has 3 aromatic rings. The van der Waals surface area contributed by atoms with E-state index in [-0.39, 0.29) is 5.28 Å². The minimum atomic E-state index is 0.0952. The Morgan fingerprint density at radius 2 is 1.35 bits per heavy atom. The van der Waals surface area contributed by atoms with Crippen molar-refractivity contribution >= 4 is 11.6 Å². The third-order valence-corrected chi connectivity index (χ3v) is 2.26. The number of aromatic nitrogens is 3. The number of rotatable bonds is 2. The van der Waals surface area contributed by atoms with E-state index in [4.69, 9.17) is 20.4 Å². The summed E-state index contributed by atoms with van der Waals surface area (Å²) in [6, 6.07) is 6.99. The van der Waals surface area contributed by atoms with Crippen molar-refractivity contribution in [2.75, 3.05) is 0 Å². The minimum absolute atomic E-state index is 0.0952. The fourth-order valence-corrected chi connectivity index (χ4v) is 1.54. The predicted molar refractivity (Wildman–Crippen MR) is 60.2 cm³/mol. The highest BCUT2D eigenvalue weighted by Gasteiger charge is 2.12. The number of halogens is 1. The molecular formula is C11H6ClN3O2. The highest BCUT2D eigenvalue weighted by Crippen LogP contribution is 2.21. The maximum absolute atomic E-state index is 5.84. The van der Waals surface area contributed by atoms with Crippen LogP contribution in [0.2, 0.25) is 5.28 Å². The standard InChI is InChI=1S/C11H6ClN3O2/c12-11-14-9(7-3-1-5-16-7)13-10(15-11)8-4-2-6-17-8/h1-6H. The lowest BCUT2D eigenvalue weighted by Gasteiger charge is -1.99. The third-order valence-electron chi connectivity index (χ3n) is 2.09. The van der Waals surface area contributed by atoms with Gasteiger partial charge in [0.1, 0.15) is 0 Å². The fraction of sp³-hybridized carbons (Fsp3) is 0. The Bertz CT molecular complexity index is 568. The van der Waals surface area contributed by atoms with Crippen LogP contribution in [0.1, 0.15) is 0 Å². The second-order valence-corrected chi connectivity index (χ2v) is 3.54. The summed E-state index contributed by atoms with van der Waals surface area (Å²) >= 11 is 5.84. The molecule has 3 heterocycles. The molecule has 0 spiro atoms. The number of hydrogen-bond acceptors (Lipinski definition) is 5. The fourth-order valence-electron chi connectivity index (χ4n) is 1.38. The Hall–Kier alpha value is -2.14. The summed E-state index contributed by atoms with van der Waals surface area (Å²) in [5.74, 6) is 1.81. The lowest BCUT2D eigenvalue weighted by atomic mass is 10.4. The van der Waals surface area contributed by atoms with E-state index in [0.717, 1.165) is 0 Å². The van der Waals surface area contributed by atoms with Crippen LogP contribution in [-0.4, -0.2) is 15.0 Å². The first-order chi connectivity index (χ1) is 8.33. The second kappa shape index (κ2) is 4.03. The van der Waals surface area contributed by atoms with Gasteiger partial charge < -0.3 is 8.83 Å². The lowest BCUT2D eigenvalue weighted by molar-refractivity contribution is 0.571. The molecule has 3 aromatic heterocycles. The molecule has 0 amide bonds. The Kier molecular flexibility index (Phi) is 2.38. The van der Waals surface area contributed by atoms with Crippen LogP contribution in [0, 0.1) is 0 Å². The molecule has 17 heavy (non-hydrogen) atoms. The zero-order valence-electron chi connectivity index (χ0n) is 8.50. The molecule has 0 atom stereocenters. The SMILES string of the molecule is Clc1nc(-c2ccco2)nc(-c2ccco2)n1. The first-order valence-electron chi connectivity index (χ1n) is 4.82. The van der Waals surface area contributed by atoms with Gasteiger partial charge in [-0.2, -0.15) is 9.97 Å². The van der Waals surface area contributed by atoms with Crippen molar-refractivity contribution in [3.05, 3.63) is 42.1 Å². The lowest BCUT2D eigenvalue weighted by Crippen LogP contribution is -1.95. The summed E-state index contributed by atoms with van der Waals surface area (Å²) in [6.45, 7) is 0. The molecule has 84 valence electrons. The summed E-state index contributed by atoms with van der Waals surface area (Å²) in [4.78, 5) is 12.2. The highest BCUT2D eigenvalue weighted by molar-refractivity contribution is 6.28. The number of furan rings is 2. The van der Waals surface area contributed by atoms with Gasteiger partial charge in [0.25, 0.3) is 0 Å². The van der Waals surface area contributed by atoms with Gasteiger partial charge in [0, 0.05) is 0 Å². The van der Waals surface area contributed by atoms with Crippen molar-refractivity contribution in [2.45, 2.75) is 0 Å². The van der Waals surface area contributed by atoms with E-state index in [1.807, 2.05) is 0 Å². The van der Waals surface area contributed by atoms with E-state index < -0.39 is 0 Å². The molecule has 3 rings (SSSR count). The number of nitrogens with zero attached hydrogens (tertiary/aromatic N) is 3. The molecule has 0 aliphatic carbocycles. The van der Waals surface area contributed by atoms with Crippen LogP contribution in [0.4, 0.5) is 0 Å². The van der Waals surface area contributed by atoms with Crippen molar-refractivity contribution in [3.8, 4) is 23.2 Å². The molecule has 0 saturated carbocycles. The van der Waals surface area contributed by atoms with Gasteiger partial charge in [-0.05, 0) is 35.9 Å². The van der Waals surface area contributed by atoms with E-state index in [0.29, 0.717) is 23.2 Å². The predicted octanol–water partition coefficient (Wildman–Crippen LogP) is 3.05. The monoisotopic (exact) mass is 247 g/mol. The molecule has 0 fully saturated rings. The first-order valence-corrected chi connectivity index (χ1v) is 5.20. The topological polar surface area (TPSA) is 65.0 Å². The van der Waals surface area contributed by atoms with Crippen LogP contribution in [0.3, 0.4) is 0 Å². The zero-order chi connectivity index (χ0) is 11.7. The van der Waals surface area contributed by atoms with Gasteiger partial charge in [-0.25, -0.2) is 4.98 Å². The molecular weight excluding hydrogens is 242 g/mol. The molecule has 0 unspecified atom stereocenters. The van der Waals surface area contributed by atoms with Gasteiger partial charge in [0.05, 0.1) is 12.5 Å². The third kappa shape index (κ3) is 1.92. The Morgan fingerprint density at radius 1 is 0.824 bits per heavy atom.